The summed E-state index contributed by atoms with van der Waals surface area (Å²) >= 11 is 0. The Morgan fingerprint density at radius 3 is 2.67 bits per heavy atom. The first-order chi connectivity index (χ1) is 8.67. The minimum absolute atomic E-state index is 0.372. The average molecular weight is 249 g/mol. The molecule has 0 radical (unpaired) electrons. The molecule has 0 fully saturated rings. The second kappa shape index (κ2) is 8.15. The van der Waals surface area contributed by atoms with E-state index >= 15 is 0 Å². The standard InChI is InChI=1S/C16H27NO/c1-5-6-7-9-13(2)17-14(3)15-10-8-11-16(12-15)18-4/h8,10-14,17H,5-7,9H2,1-4H3/t13?,14-/m1/s1. The molecule has 0 aliphatic heterocycles. The van der Waals surface area contributed by atoms with Crippen LogP contribution in [0, 0.1) is 0 Å². The molecule has 0 amide bonds. The molecule has 102 valence electrons. The lowest BCUT2D eigenvalue weighted by molar-refractivity contribution is 0.410. The maximum Gasteiger partial charge on any atom is 0.119 e. The van der Waals surface area contributed by atoms with Crippen molar-refractivity contribution in [2.45, 2.75) is 58.5 Å². The molecule has 0 aromatic heterocycles. The van der Waals surface area contributed by atoms with Crippen molar-refractivity contribution < 1.29 is 4.74 Å². The molecular weight excluding hydrogens is 222 g/mol. The Morgan fingerprint density at radius 2 is 2.00 bits per heavy atom. The fraction of sp³-hybridized carbons (Fsp3) is 0.625. The third-order valence-corrected chi connectivity index (χ3v) is 3.37. The summed E-state index contributed by atoms with van der Waals surface area (Å²) in [6.45, 7) is 6.73. The van der Waals surface area contributed by atoms with Crippen molar-refractivity contribution in [1.29, 1.82) is 0 Å². The van der Waals surface area contributed by atoms with Crippen LogP contribution in [0.2, 0.25) is 0 Å². The minimum atomic E-state index is 0.372. The second-order valence-corrected chi connectivity index (χ2v) is 5.06. The Morgan fingerprint density at radius 1 is 1.22 bits per heavy atom. The molecule has 1 unspecified atom stereocenters. The zero-order valence-corrected chi connectivity index (χ0v) is 12.2. The topological polar surface area (TPSA) is 21.3 Å². The summed E-state index contributed by atoms with van der Waals surface area (Å²) in [6.07, 6.45) is 5.19. The Bertz CT molecular complexity index is 338. The third-order valence-electron chi connectivity index (χ3n) is 3.37. The molecule has 0 saturated carbocycles. The first kappa shape index (κ1) is 15.0. The Balaban J connectivity index is 2.45. The lowest BCUT2D eigenvalue weighted by Crippen LogP contribution is -2.28. The summed E-state index contributed by atoms with van der Waals surface area (Å²) in [5.41, 5.74) is 1.29. The average Bonchev–Trinajstić information content (AvgIpc) is 2.39. The van der Waals surface area contributed by atoms with Crippen molar-refractivity contribution >= 4 is 0 Å². The van der Waals surface area contributed by atoms with Crippen LogP contribution in [0.25, 0.3) is 0 Å². The lowest BCUT2D eigenvalue weighted by Gasteiger charge is -2.20. The van der Waals surface area contributed by atoms with Crippen LogP contribution in [0.5, 0.6) is 5.75 Å². The van der Waals surface area contributed by atoms with Crippen molar-refractivity contribution in [3.63, 3.8) is 0 Å². The van der Waals surface area contributed by atoms with Crippen LogP contribution in [-0.4, -0.2) is 13.2 Å². The summed E-state index contributed by atoms with van der Waals surface area (Å²) in [7, 11) is 1.71. The molecular formula is C16H27NO. The van der Waals surface area contributed by atoms with Gasteiger partial charge in [0.05, 0.1) is 7.11 Å². The molecule has 1 rings (SSSR count). The summed E-state index contributed by atoms with van der Waals surface area (Å²) < 4.78 is 5.26. The van der Waals surface area contributed by atoms with Crippen molar-refractivity contribution in [2.75, 3.05) is 7.11 Å². The van der Waals surface area contributed by atoms with Crippen molar-refractivity contribution in [2.24, 2.45) is 0 Å². The van der Waals surface area contributed by atoms with Crippen LogP contribution >= 0.6 is 0 Å². The minimum Gasteiger partial charge on any atom is -0.497 e. The summed E-state index contributed by atoms with van der Waals surface area (Å²) in [5.74, 6) is 0.930. The fourth-order valence-corrected chi connectivity index (χ4v) is 2.22. The highest BCUT2D eigenvalue weighted by atomic mass is 16.5. The number of unbranched alkanes of at least 4 members (excludes halogenated alkanes) is 2. The molecule has 1 aromatic rings. The van der Waals surface area contributed by atoms with Crippen molar-refractivity contribution in [1.82, 2.24) is 5.32 Å². The van der Waals surface area contributed by atoms with Gasteiger partial charge in [-0.15, -0.1) is 0 Å². The highest BCUT2D eigenvalue weighted by Crippen LogP contribution is 2.19. The summed E-state index contributed by atoms with van der Waals surface area (Å²) in [6, 6.07) is 9.24. The smallest absolute Gasteiger partial charge is 0.119 e. The second-order valence-electron chi connectivity index (χ2n) is 5.06. The van der Waals surface area contributed by atoms with E-state index in [2.05, 4.69) is 38.2 Å². The van der Waals surface area contributed by atoms with E-state index in [0.29, 0.717) is 12.1 Å². The molecule has 0 bridgehead atoms. The number of methoxy groups -OCH3 is 1. The number of hydrogen-bond donors (Lipinski definition) is 1. The highest BCUT2D eigenvalue weighted by Gasteiger charge is 2.09. The van der Waals surface area contributed by atoms with Gasteiger partial charge in [-0.25, -0.2) is 0 Å². The maximum atomic E-state index is 5.26. The van der Waals surface area contributed by atoms with Gasteiger partial charge in [-0.05, 0) is 38.0 Å². The van der Waals surface area contributed by atoms with Gasteiger partial charge in [0.15, 0.2) is 0 Å². The van der Waals surface area contributed by atoms with Gasteiger partial charge in [0.1, 0.15) is 5.75 Å². The van der Waals surface area contributed by atoms with E-state index in [4.69, 9.17) is 4.74 Å². The van der Waals surface area contributed by atoms with Gasteiger partial charge in [-0.1, -0.05) is 38.3 Å². The van der Waals surface area contributed by atoms with Gasteiger partial charge in [0.25, 0.3) is 0 Å². The molecule has 0 spiro atoms. The normalized spacial score (nSPS) is 14.2. The van der Waals surface area contributed by atoms with E-state index in [1.807, 2.05) is 12.1 Å². The van der Waals surface area contributed by atoms with Gasteiger partial charge in [-0.2, -0.15) is 0 Å². The van der Waals surface area contributed by atoms with Crippen LogP contribution in [-0.2, 0) is 0 Å². The van der Waals surface area contributed by atoms with Crippen LogP contribution in [0.3, 0.4) is 0 Å². The summed E-state index contributed by atoms with van der Waals surface area (Å²) in [5, 5.41) is 3.65. The molecule has 2 heteroatoms. The number of benzene rings is 1. The predicted molar refractivity (Wildman–Crippen MR) is 78.1 cm³/mol. The molecule has 0 heterocycles. The molecule has 1 N–H and O–H groups in total. The van der Waals surface area contributed by atoms with Gasteiger partial charge in [-0.3, -0.25) is 0 Å². The number of nitrogens with one attached hydrogen (secondary N) is 1. The van der Waals surface area contributed by atoms with E-state index in [1.165, 1.54) is 31.2 Å². The molecule has 2 atom stereocenters. The lowest BCUT2D eigenvalue weighted by atomic mass is 10.0. The van der Waals surface area contributed by atoms with Crippen LogP contribution in [0.4, 0.5) is 0 Å². The maximum absolute atomic E-state index is 5.26. The largest absolute Gasteiger partial charge is 0.497 e. The molecule has 18 heavy (non-hydrogen) atoms. The van der Waals surface area contributed by atoms with Gasteiger partial charge in [0.2, 0.25) is 0 Å². The predicted octanol–water partition coefficient (Wildman–Crippen LogP) is 4.31. The fourth-order valence-electron chi connectivity index (χ4n) is 2.22. The SMILES string of the molecule is CCCCCC(C)N[C@H](C)c1cccc(OC)c1. The van der Waals surface area contributed by atoms with Crippen LogP contribution in [0.15, 0.2) is 24.3 Å². The van der Waals surface area contributed by atoms with E-state index in [0.717, 1.165) is 5.75 Å². The Hall–Kier alpha value is -1.02. The number of ether oxygens (including phenoxy) is 1. The van der Waals surface area contributed by atoms with E-state index in [1.54, 1.807) is 7.11 Å². The van der Waals surface area contributed by atoms with Crippen LogP contribution < -0.4 is 10.1 Å². The molecule has 0 aliphatic rings. The first-order valence-corrected chi connectivity index (χ1v) is 7.07. The van der Waals surface area contributed by atoms with E-state index in [9.17, 15) is 0 Å². The zero-order chi connectivity index (χ0) is 13.4. The highest BCUT2D eigenvalue weighted by molar-refractivity contribution is 5.30. The quantitative estimate of drug-likeness (QED) is 0.693. The number of rotatable bonds is 8. The zero-order valence-electron chi connectivity index (χ0n) is 12.2. The monoisotopic (exact) mass is 249 g/mol. The molecule has 0 aliphatic carbocycles. The Kier molecular flexibility index (Phi) is 6.81. The number of hydrogen-bond acceptors (Lipinski definition) is 2. The van der Waals surface area contributed by atoms with Crippen LogP contribution in [0.1, 0.15) is 58.1 Å². The van der Waals surface area contributed by atoms with Crippen molar-refractivity contribution in [3.05, 3.63) is 29.8 Å². The third kappa shape index (κ3) is 5.09. The molecule has 2 nitrogen and oxygen atoms in total. The van der Waals surface area contributed by atoms with Gasteiger partial charge >= 0.3 is 0 Å². The van der Waals surface area contributed by atoms with Gasteiger partial charge in [0, 0.05) is 12.1 Å². The first-order valence-electron chi connectivity index (χ1n) is 7.07. The van der Waals surface area contributed by atoms with E-state index in [-0.39, 0.29) is 0 Å². The van der Waals surface area contributed by atoms with E-state index < -0.39 is 0 Å². The van der Waals surface area contributed by atoms with Crippen molar-refractivity contribution in [3.8, 4) is 5.75 Å². The Labute approximate surface area is 112 Å². The summed E-state index contributed by atoms with van der Waals surface area (Å²) in [4.78, 5) is 0. The molecule has 1 aromatic carbocycles. The molecule has 0 saturated heterocycles. The van der Waals surface area contributed by atoms with Gasteiger partial charge < -0.3 is 10.1 Å².